The minimum absolute atomic E-state index is 0.0153. The highest BCUT2D eigenvalue weighted by atomic mass is 19.1. The van der Waals surface area contributed by atoms with Gasteiger partial charge in [-0.2, -0.15) is 0 Å². The summed E-state index contributed by atoms with van der Waals surface area (Å²) in [6, 6.07) is 10.1. The fourth-order valence-corrected chi connectivity index (χ4v) is 1.65. The van der Waals surface area contributed by atoms with Crippen molar-refractivity contribution in [2.75, 3.05) is 5.73 Å². The molecule has 3 N–H and O–H groups in total. The first-order valence-corrected chi connectivity index (χ1v) is 5.65. The Labute approximate surface area is 109 Å². The predicted octanol–water partition coefficient (Wildman–Crippen LogP) is 2.48. The number of hydrogen-bond donors (Lipinski definition) is 2. The van der Waals surface area contributed by atoms with E-state index < -0.39 is 17.5 Å². The molecule has 0 spiro atoms. The van der Waals surface area contributed by atoms with Crippen LogP contribution in [0.15, 0.2) is 42.5 Å². The van der Waals surface area contributed by atoms with Crippen LogP contribution in [-0.2, 0) is 6.54 Å². The lowest BCUT2D eigenvalue weighted by Gasteiger charge is -2.08. The minimum atomic E-state index is -0.654. The van der Waals surface area contributed by atoms with Gasteiger partial charge in [0.1, 0.15) is 11.6 Å². The van der Waals surface area contributed by atoms with Crippen molar-refractivity contribution in [3.8, 4) is 0 Å². The van der Waals surface area contributed by atoms with E-state index in [9.17, 15) is 13.6 Å². The Hall–Kier alpha value is -2.43. The molecule has 5 heteroatoms. The van der Waals surface area contributed by atoms with Crippen LogP contribution in [0, 0.1) is 11.6 Å². The highest BCUT2D eigenvalue weighted by Gasteiger charge is 2.12. The number of benzene rings is 2. The zero-order chi connectivity index (χ0) is 13.8. The standard InChI is InChI=1S/C14H12F2N2O/c15-11-6-2-1-4-9(11)8-18-14(19)10-5-3-7-12(16)13(10)17/h1-7H,8,17H2,(H,18,19). The highest BCUT2D eigenvalue weighted by Crippen LogP contribution is 2.15. The lowest BCUT2D eigenvalue weighted by atomic mass is 10.1. The molecule has 0 aliphatic rings. The summed E-state index contributed by atoms with van der Waals surface area (Å²) in [7, 11) is 0. The summed E-state index contributed by atoms with van der Waals surface area (Å²) in [5.74, 6) is -1.60. The average molecular weight is 262 g/mol. The number of nitrogens with one attached hydrogen (secondary N) is 1. The maximum absolute atomic E-state index is 13.3. The molecule has 98 valence electrons. The molecule has 1 amide bonds. The highest BCUT2D eigenvalue weighted by molar-refractivity contribution is 5.99. The van der Waals surface area contributed by atoms with Gasteiger partial charge in [0.05, 0.1) is 11.3 Å². The van der Waals surface area contributed by atoms with Gasteiger partial charge in [0.2, 0.25) is 0 Å². The molecule has 0 aliphatic carbocycles. The number of rotatable bonds is 3. The summed E-state index contributed by atoms with van der Waals surface area (Å²) < 4.78 is 26.6. The third-order valence-electron chi connectivity index (χ3n) is 2.69. The van der Waals surface area contributed by atoms with Crippen LogP contribution < -0.4 is 11.1 Å². The Balaban J connectivity index is 2.10. The van der Waals surface area contributed by atoms with E-state index in [1.165, 1.54) is 24.3 Å². The van der Waals surface area contributed by atoms with Gasteiger partial charge in [-0.1, -0.05) is 24.3 Å². The van der Waals surface area contributed by atoms with E-state index in [0.29, 0.717) is 5.56 Å². The van der Waals surface area contributed by atoms with Crippen LogP contribution in [0.3, 0.4) is 0 Å². The molecule has 2 aromatic carbocycles. The van der Waals surface area contributed by atoms with Gasteiger partial charge in [-0.25, -0.2) is 8.78 Å². The third-order valence-corrected chi connectivity index (χ3v) is 2.69. The molecule has 0 aromatic heterocycles. The van der Waals surface area contributed by atoms with E-state index in [4.69, 9.17) is 5.73 Å². The minimum Gasteiger partial charge on any atom is -0.396 e. The van der Waals surface area contributed by atoms with Crippen molar-refractivity contribution in [2.45, 2.75) is 6.54 Å². The van der Waals surface area contributed by atoms with Crippen LogP contribution in [0.1, 0.15) is 15.9 Å². The quantitative estimate of drug-likeness (QED) is 0.835. The maximum atomic E-state index is 13.3. The van der Waals surface area contributed by atoms with Crippen molar-refractivity contribution in [3.05, 3.63) is 65.2 Å². The fraction of sp³-hybridized carbons (Fsp3) is 0.0714. The third kappa shape index (κ3) is 2.88. The molecule has 0 radical (unpaired) electrons. The Kier molecular flexibility index (Phi) is 3.75. The smallest absolute Gasteiger partial charge is 0.253 e. The number of para-hydroxylation sites is 1. The number of halogens is 2. The van der Waals surface area contributed by atoms with Crippen LogP contribution in [0.2, 0.25) is 0 Å². The number of carbonyl (C=O) groups excluding carboxylic acids is 1. The molecule has 2 aromatic rings. The lowest BCUT2D eigenvalue weighted by molar-refractivity contribution is 0.0951. The molecular weight excluding hydrogens is 250 g/mol. The van der Waals surface area contributed by atoms with Gasteiger partial charge in [-0.3, -0.25) is 4.79 Å². The SMILES string of the molecule is Nc1c(F)cccc1C(=O)NCc1ccccc1F. The Morgan fingerprint density at radius 3 is 2.47 bits per heavy atom. The van der Waals surface area contributed by atoms with E-state index in [-0.39, 0.29) is 17.8 Å². The van der Waals surface area contributed by atoms with Gasteiger partial charge in [0, 0.05) is 12.1 Å². The largest absolute Gasteiger partial charge is 0.396 e. The van der Waals surface area contributed by atoms with Gasteiger partial charge >= 0.3 is 0 Å². The second-order valence-corrected chi connectivity index (χ2v) is 3.98. The number of amides is 1. The summed E-state index contributed by atoms with van der Waals surface area (Å²) in [5, 5.41) is 2.50. The van der Waals surface area contributed by atoms with Crippen molar-refractivity contribution in [3.63, 3.8) is 0 Å². The normalized spacial score (nSPS) is 10.2. The number of nitrogens with two attached hydrogens (primary N) is 1. The Morgan fingerprint density at radius 1 is 1.05 bits per heavy atom. The molecule has 0 fully saturated rings. The Bertz CT molecular complexity index is 614. The number of nitrogen functional groups attached to an aromatic ring is 1. The summed E-state index contributed by atoms with van der Waals surface area (Å²) in [6.07, 6.45) is 0. The van der Waals surface area contributed by atoms with Gasteiger partial charge in [-0.15, -0.1) is 0 Å². The van der Waals surface area contributed by atoms with Crippen LogP contribution in [-0.4, -0.2) is 5.91 Å². The number of anilines is 1. The first kappa shape index (κ1) is 13.0. The summed E-state index contributed by atoms with van der Waals surface area (Å²) in [6.45, 7) is 0.0153. The monoisotopic (exact) mass is 262 g/mol. The second-order valence-electron chi connectivity index (χ2n) is 3.98. The van der Waals surface area contributed by atoms with Gasteiger partial charge in [0.25, 0.3) is 5.91 Å². The van der Waals surface area contributed by atoms with Crippen molar-refractivity contribution in [1.29, 1.82) is 0 Å². The van der Waals surface area contributed by atoms with Crippen molar-refractivity contribution < 1.29 is 13.6 Å². The van der Waals surface area contributed by atoms with Crippen LogP contribution in [0.5, 0.6) is 0 Å². The lowest BCUT2D eigenvalue weighted by Crippen LogP contribution is -2.24. The molecule has 0 unspecified atom stereocenters. The summed E-state index contributed by atoms with van der Waals surface area (Å²) in [4.78, 5) is 11.8. The topological polar surface area (TPSA) is 55.1 Å². The molecule has 0 saturated heterocycles. The van der Waals surface area contributed by atoms with Crippen molar-refractivity contribution >= 4 is 11.6 Å². The van der Waals surface area contributed by atoms with Crippen molar-refractivity contribution in [1.82, 2.24) is 5.32 Å². The van der Waals surface area contributed by atoms with E-state index in [1.54, 1.807) is 18.2 Å². The average Bonchev–Trinajstić information content (AvgIpc) is 2.40. The predicted molar refractivity (Wildman–Crippen MR) is 68.4 cm³/mol. The first-order valence-electron chi connectivity index (χ1n) is 5.65. The molecular formula is C14H12F2N2O. The van der Waals surface area contributed by atoms with Gasteiger partial charge in [-0.05, 0) is 18.2 Å². The van der Waals surface area contributed by atoms with E-state index in [0.717, 1.165) is 0 Å². The number of hydrogen-bond acceptors (Lipinski definition) is 2. The molecule has 2 rings (SSSR count). The van der Waals surface area contributed by atoms with Gasteiger partial charge in [0.15, 0.2) is 0 Å². The molecule has 0 heterocycles. The second kappa shape index (κ2) is 5.48. The first-order chi connectivity index (χ1) is 9.09. The molecule has 3 nitrogen and oxygen atoms in total. The number of carbonyl (C=O) groups is 1. The van der Waals surface area contributed by atoms with E-state index in [2.05, 4.69) is 5.32 Å². The van der Waals surface area contributed by atoms with Crippen molar-refractivity contribution in [2.24, 2.45) is 0 Å². The van der Waals surface area contributed by atoms with Crippen LogP contribution in [0.4, 0.5) is 14.5 Å². The summed E-state index contributed by atoms with van der Waals surface area (Å²) >= 11 is 0. The summed E-state index contributed by atoms with van der Waals surface area (Å²) in [5.41, 5.74) is 5.65. The van der Waals surface area contributed by atoms with Crippen LogP contribution in [0.25, 0.3) is 0 Å². The molecule has 0 bridgehead atoms. The van der Waals surface area contributed by atoms with Gasteiger partial charge < -0.3 is 11.1 Å². The molecule has 19 heavy (non-hydrogen) atoms. The molecule has 0 aliphatic heterocycles. The molecule has 0 saturated carbocycles. The zero-order valence-electron chi connectivity index (χ0n) is 9.99. The molecule has 0 atom stereocenters. The maximum Gasteiger partial charge on any atom is 0.253 e. The van der Waals surface area contributed by atoms with Crippen LogP contribution >= 0.6 is 0 Å². The van der Waals surface area contributed by atoms with E-state index in [1.807, 2.05) is 0 Å². The van der Waals surface area contributed by atoms with E-state index >= 15 is 0 Å². The Morgan fingerprint density at radius 2 is 1.74 bits per heavy atom. The fourth-order valence-electron chi connectivity index (χ4n) is 1.65. The zero-order valence-corrected chi connectivity index (χ0v) is 9.99.